The number of ether oxygens (including phenoxy) is 1. The first-order valence-electron chi connectivity index (χ1n) is 5.71. The van der Waals surface area contributed by atoms with E-state index < -0.39 is 5.97 Å². The summed E-state index contributed by atoms with van der Waals surface area (Å²) >= 11 is 0. The molecule has 0 saturated heterocycles. The predicted octanol–water partition coefficient (Wildman–Crippen LogP) is 1.32. The van der Waals surface area contributed by atoms with Crippen LogP contribution in [0.5, 0.6) is 11.6 Å². The van der Waals surface area contributed by atoms with Gasteiger partial charge in [0.05, 0.1) is 5.56 Å². The minimum Gasteiger partial charge on any atom is -0.478 e. The number of rotatable bonds is 3. The molecule has 0 aliphatic carbocycles. The number of fused-ring (bicyclic) bond motifs is 1. The SMILES string of the molecule is Cc1ccc(C(=O)O)cc1Oc1ccc2nnnn2n1. The highest BCUT2D eigenvalue weighted by molar-refractivity contribution is 5.88. The van der Waals surface area contributed by atoms with E-state index in [-0.39, 0.29) is 11.4 Å². The smallest absolute Gasteiger partial charge is 0.335 e. The number of nitrogens with zero attached hydrogens (tertiary/aromatic N) is 5. The normalized spacial score (nSPS) is 10.7. The van der Waals surface area contributed by atoms with E-state index in [1.807, 2.05) is 6.92 Å². The van der Waals surface area contributed by atoms with Crippen molar-refractivity contribution in [1.82, 2.24) is 25.3 Å². The van der Waals surface area contributed by atoms with Crippen molar-refractivity contribution in [3.8, 4) is 11.6 Å². The molecule has 0 radical (unpaired) electrons. The Morgan fingerprint density at radius 3 is 2.95 bits per heavy atom. The second-order valence-electron chi connectivity index (χ2n) is 4.09. The number of tetrazole rings is 1. The van der Waals surface area contributed by atoms with Gasteiger partial charge in [-0.15, -0.1) is 14.8 Å². The Labute approximate surface area is 112 Å². The lowest BCUT2D eigenvalue weighted by atomic mass is 10.1. The van der Waals surface area contributed by atoms with Crippen molar-refractivity contribution < 1.29 is 14.6 Å². The zero-order valence-electron chi connectivity index (χ0n) is 10.4. The fourth-order valence-electron chi connectivity index (χ4n) is 1.64. The molecule has 8 heteroatoms. The van der Waals surface area contributed by atoms with E-state index in [1.165, 1.54) is 16.8 Å². The van der Waals surface area contributed by atoms with Crippen molar-refractivity contribution in [3.05, 3.63) is 41.5 Å². The molecule has 0 aliphatic heterocycles. The van der Waals surface area contributed by atoms with E-state index in [0.29, 0.717) is 11.4 Å². The van der Waals surface area contributed by atoms with Crippen LogP contribution in [0.1, 0.15) is 15.9 Å². The van der Waals surface area contributed by atoms with Crippen LogP contribution < -0.4 is 4.74 Å². The molecule has 2 aromatic heterocycles. The van der Waals surface area contributed by atoms with Crippen LogP contribution in [0.15, 0.2) is 30.3 Å². The van der Waals surface area contributed by atoms with Crippen molar-refractivity contribution in [1.29, 1.82) is 0 Å². The highest BCUT2D eigenvalue weighted by Gasteiger charge is 2.09. The predicted molar refractivity (Wildman–Crippen MR) is 66.8 cm³/mol. The van der Waals surface area contributed by atoms with Crippen LogP contribution in [0.3, 0.4) is 0 Å². The van der Waals surface area contributed by atoms with Crippen LogP contribution in [-0.4, -0.2) is 36.3 Å². The van der Waals surface area contributed by atoms with Crippen LogP contribution in [0, 0.1) is 6.92 Å². The Morgan fingerprint density at radius 1 is 1.30 bits per heavy atom. The number of aromatic carboxylic acids is 1. The summed E-state index contributed by atoms with van der Waals surface area (Å²) in [5, 5.41) is 23.9. The summed E-state index contributed by atoms with van der Waals surface area (Å²) in [7, 11) is 0. The van der Waals surface area contributed by atoms with Gasteiger partial charge in [0.2, 0.25) is 5.88 Å². The molecule has 0 bridgehead atoms. The first-order chi connectivity index (χ1) is 9.63. The van der Waals surface area contributed by atoms with Crippen LogP contribution >= 0.6 is 0 Å². The molecule has 2 heterocycles. The molecule has 0 amide bonds. The van der Waals surface area contributed by atoms with Gasteiger partial charge in [-0.2, -0.15) is 0 Å². The van der Waals surface area contributed by atoms with Crippen LogP contribution in [0.25, 0.3) is 5.65 Å². The third-order valence-corrected chi connectivity index (χ3v) is 2.69. The van der Waals surface area contributed by atoms with E-state index in [4.69, 9.17) is 9.84 Å². The number of carbonyl (C=O) groups is 1. The van der Waals surface area contributed by atoms with Gasteiger partial charge in [0.15, 0.2) is 5.65 Å². The number of aromatic nitrogens is 5. The molecule has 3 rings (SSSR count). The molecule has 1 aromatic carbocycles. The Morgan fingerprint density at radius 2 is 2.15 bits per heavy atom. The van der Waals surface area contributed by atoms with E-state index >= 15 is 0 Å². The van der Waals surface area contributed by atoms with E-state index in [0.717, 1.165) is 5.56 Å². The number of carboxylic acids is 1. The maximum atomic E-state index is 11.0. The average molecular weight is 271 g/mol. The minimum atomic E-state index is -1.02. The van der Waals surface area contributed by atoms with Gasteiger partial charge in [0, 0.05) is 6.07 Å². The highest BCUT2D eigenvalue weighted by atomic mass is 16.5. The van der Waals surface area contributed by atoms with Gasteiger partial charge in [-0.25, -0.2) is 4.79 Å². The standard InChI is InChI=1S/C12H9N5O3/c1-7-2-3-8(12(18)19)6-9(7)20-11-5-4-10-13-15-16-17(10)14-11/h2-6H,1H3,(H,18,19). The Hall–Kier alpha value is -3.03. The maximum absolute atomic E-state index is 11.0. The minimum absolute atomic E-state index is 0.147. The van der Waals surface area contributed by atoms with Crippen LogP contribution in [0.4, 0.5) is 0 Å². The summed E-state index contributed by atoms with van der Waals surface area (Å²) < 4.78 is 6.81. The fourth-order valence-corrected chi connectivity index (χ4v) is 1.64. The molecule has 3 aromatic rings. The van der Waals surface area contributed by atoms with Crippen molar-refractivity contribution >= 4 is 11.6 Å². The quantitative estimate of drug-likeness (QED) is 0.766. The number of aryl methyl sites for hydroxylation is 1. The molecule has 0 atom stereocenters. The van der Waals surface area contributed by atoms with Crippen LogP contribution in [0.2, 0.25) is 0 Å². The molecule has 100 valence electrons. The Bertz CT molecular complexity index is 799. The Balaban J connectivity index is 1.97. The highest BCUT2D eigenvalue weighted by Crippen LogP contribution is 2.24. The van der Waals surface area contributed by atoms with Gasteiger partial charge in [-0.05, 0) is 41.1 Å². The van der Waals surface area contributed by atoms with E-state index in [2.05, 4.69) is 20.6 Å². The molecule has 8 nitrogen and oxygen atoms in total. The van der Waals surface area contributed by atoms with Gasteiger partial charge in [0.25, 0.3) is 0 Å². The monoisotopic (exact) mass is 271 g/mol. The zero-order valence-corrected chi connectivity index (χ0v) is 10.4. The number of carboxylic acid groups (broad SMARTS) is 1. The molecule has 20 heavy (non-hydrogen) atoms. The largest absolute Gasteiger partial charge is 0.478 e. The van der Waals surface area contributed by atoms with Crippen molar-refractivity contribution in [2.75, 3.05) is 0 Å². The molecule has 0 unspecified atom stereocenters. The topological polar surface area (TPSA) is 102 Å². The van der Waals surface area contributed by atoms with Crippen molar-refractivity contribution in [3.63, 3.8) is 0 Å². The number of hydrogen-bond donors (Lipinski definition) is 1. The lowest BCUT2D eigenvalue weighted by Crippen LogP contribution is -2.00. The third kappa shape index (κ3) is 2.14. The van der Waals surface area contributed by atoms with Crippen molar-refractivity contribution in [2.45, 2.75) is 6.92 Å². The summed E-state index contributed by atoms with van der Waals surface area (Å²) in [6.07, 6.45) is 0. The van der Waals surface area contributed by atoms with Crippen molar-refractivity contribution in [2.24, 2.45) is 0 Å². The lowest BCUT2D eigenvalue weighted by molar-refractivity contribution is 0.0696. The third-order valence-electron chi connectivity index (χ3n) is 2.69. The Kier molecular flexibility index (Phi) is 2.75. The summed E-state index contributed by atoms with van der Waals surface area (Å²) in [5.41, 5.74) is 1.44. The fraction of sp³-hybridized carbons (Fsp3) is 0.0833. The van der Waals surface area contributed by atoms with Gasteiger partial charge >= 0.3 is 5.97 Å². The summed E-state index contributed by atoms with van der Waals surface area (Å²) in [4.78, 5) is 11.0. The summed E-state index contributed by atoms with van der Waals surface area (Å²) in [5.74, 6) is -0.320. The second-order valence-corrected chi connectivity index (χ2v) is 4.09. The van der Waals surface area contributed by atoms with Gasteiger partial charge in [-0.1, -0.05) is 6.07 Å². The van der Waals surface area contributed by atoms with Gasteiger partial charge in [0.1, 0.15) is 5.75 Å². The van der Waals surface area contributed by atoms with Gasteiger partial charge < -0.3 is 9.84 Å². The zero-order chi connectivity index (χ0) is 14.1. The first-order valence-corrected chi connectivity index (χ1v) is 5.71. The average Bonchev–Trinajstić information content (AvgIpc) is 2.88. The molecule has 0 spiro atoms. The summed E-state index contributed by atoms with van der Waals surface area (Å²) in [6, 6.07) is 7.90. The number of hydrogen-bond acceptors (Lipinski definition) is 6. The molecule has 0 aliphatic rings. The molecule has 1 N–H and O–H groups in total. The van der Waals surface area contributed by atoms with Gasteiger partial charge in [-0.3, -0.25) is 0 Å². The number of benzene rings is 1. The van der Waals surface area contributed by atoms with E-state index in [1.54, 1.807) is 18.2 Å². The first kappa shape index (κ1) is 12.0. The van der Waals surface area contributed by atoms with Crippen LogP contribution in [-0.2, 0) is 0 Å². The second kappa shape index (κ2) is 4.57. The molecular formula is C12H9N5O3. The molecule has 0 saturated carbocycles. The maximum Gasteiger partial charge on any atom is 0.335 e. The van der Waals surface area contributed by atoms with E-state index in [9.17, 15) is 4.79 Å². The lowest BCUT2D eigenvalue weighted by Gasteiger charge is -2.08. The summed E-state index contributed by atoms with van der Waals surface area (Å²) in [6.45, 7) is 1.82. The molecular weight excluding hydrogens is 262 g/mol. The molecule has 0 fully saturated rings.